The molecule has 3 rings (SSSR count). The Kier molecular flexibility index (Phi) is 4.04. The van der Waals surface area contributed by atoms with Crippen molar-refractivity contribution < 1.29 is 4.79 Å². The third-order valence-electron chi connectivity index (χ3n) is 5.74. The number of nitrogens with two attached hydrogens (primary N) is 1. The molecule has 2 fully saturated rings. The lowest BCUT2D eigenvalue weighted by Crippen LogP contribution is -2.44. The van der Waals surface area contributed by atoms with E-state index in [0.717, 1.165) is 18.5 Å². The molecular weight excluding hydrogens is 284 g/mol. The van der Waals surface area contributed by atoms with Crippen molar-refractivity contribution in [2.45, 2.75) is 65.5 Å². The molecule has 0 spiro atoms. The zero-order chi connectivity index (χ0) is 16.8. The van der Waals surface area contributed by atoms with Crippen LogP contribution in [-0.2, 0) is 0 Å². The van der Waals surface area contributed by atoms with Gasteiger partial charge in [-0.05, 0) is 60.8 Å². The van der Waals surface area contributed by atoms with Crippen LogP contribution in [0.4, 0.5) is 5.69 Å². The Morgan fingerprint density at radius 1 is 1.26 bits per heavy atom. The maximum Gasteiger partial charge on any atom is 0.179 e. The minimum absolute atomic E-state index is 0.000602. The van der Waals surface area contributed by atoms with Gasteiger partial charge in [0.2, 0.25) is 0 Å². The predicted molar refractivity (Wildman–Crippen MR) is 95.5 cm³/mol. The van der Waals surface area contributed by atoms with E-state index < -0.39 is 0 Å². The van der Waals surface area contributed by atoms with Crippen LogP contribution in [0, 0.1) is 10.8 Å². The summed E-state index contributed by atoms with van der Waals surface area (Å²) in [4.78, 5) is 15.6. The van der Waals surface area contributed by atoms with Gasteiger partial charge >= 0.3 is 0 Å². The average molecular weight is 314 g/mol. The number of nitrogen functional groups attached to an aromatic ring is 1. The van der Waals surface area contributed by atoms with Crippen molar-refractivity contribution in [3.63, 3.8) is 0 Å². The molecule has 0 radical (unpaired) electrons. The molecule has 1 aliphatic carbocycles. The fourth-order valence-corrected chi connectivity index (χ4v) is 5.28. The summed E-state index contributed by atoms with van der Waals surface area (Å²) in [6.07, 6.45) is 4.58. The van der Waals surface area contributed by atoms with Crippen molar-refractivity contribution in [2.24, 2.45) is 10.8 Å². The standard InChI is InChI=1S/C20H30N2O/c1-5-17(18(23)14-6-8-15(21)9-7-14)22-13-20(4)11-16(22)10-19(2,3)12-20/h6-9,16-17H,5,10-13,21H2,1-4H3. The molecule has 2 aliphatic rings. The highest BCUT2D eigenvalue weighted by atomic mass is 16.1. The molecule has 1 heterocycles. The number of carbonyl (C=O) groups excluding carboxylic acids is 1. The maximum absolute atomic E-state index is 13.0. The third kappa shape index (κ3) is 3.16. The number of anilines is 1. The number of benzene rings is 1. The minimum Gasteiger partial charge on any atom is -0.399 e. The second-order valence-electron chi connectivity index (χ2n) is 8.80. The van der Waals surface area contributed by atoms with Crippen LogP contribution in [-0.4, -0.2) is 29.3 Å². The van der Waals surface area contributed by atoms with Gasteiger partial charge in [0.1, 0.15) is 0 Å². The van der Waals surface area contributed by atoms with Crippen LogP contribution < -0.4 is 5.73 Å². The molecule has 23 heavy (non-hydrogen) atoms. The van der Waals surface area contributed by atoms with Gasteiger partial charge in [-0.25, -0.2) is 0 Å². The van der Waals surface area contributed by atoms with E-state index in [1.165, 1.54) is 19.3 Å². The van der Waals surface area contributed by atoms with Gasteiger partial charge in [0.15, 0.2) is 5.78 Å². The zero-order valence-corrected chi connectivity index (χ0v) is 14.9. The summed E-state index contributed by atoms with van der Waals surface area (Å²) in [5.41, 5.74) is 8.00. The fraction of sp³-hybridized carbons (Fsp3) is 0.650. The lowest BCUT2D eigenvalue weighted by Gasteiger charge is -2.40. The van der Waals surface area contributed by atoms with Crippen molar-refractivity contribution in [1.29, 1.82) is 0 Å². The highest BCUT2D eigenvalue weighted by Gasteiger charge is 2.51. The molecule has 2 bridgehead atoms. The van der Waals surface area contributed by atoms with Gasteiger partial charge in [-0.3, -0.25) is 9.69 Å². The average Bonchev–Trinajstić information content (AvgIpc) is 2.69. The van der Waals surface area contributed by atoms with E-state index >= 15 is 0 Å². The first-order chi connectivity index (χ1) is 10.7. The Bertz CT molecular complexity index is 592. The first-order valence-electron chi connectivity index (χ1n) is 8.89. The van der Waals surface area contributed by atoms with Gasteiger partial charge in [-0.15, -0.1) is 0 Å². The number of rotatable bonds is 4. The molecule has 3 atom stereocenters. The quantitative estimate of drug-likeness (QED) is 0.671. The lowest BCUT2D eigenvalue weighted by atomic mass is 9.65. The molecule has 1 aromatic carbocycles. The van der Waals surface area contributed by atoms with E-state index in [0.29, 0.717) is 22.6 Å². The topological polar surface area (TPSA) is 46.3 Å². The van der Waals surface area contributed by atoms with E-state index in [4.69, 9.17) is 5.73 Å². The second-order valence-corrected chi connectivity index (χ2v) is 8.80. The summed E-state index contributed by atoms with van der Waals surface area (Å²) in [7, 11) is 0. The Morgan fingerprint density at radius 2 is 1.91 bits per heavy atom. The van der Waals surface area contributed by atoms with Crippen LogP contribution in [0.1, 0.15) is 63.7 Å². The summed E-state index contributed by atoms with van der Waals surface area (Å²) in [6.45, 7) is 10.4. The van der Waals surface area contributed by atoms with Crippen LogP contribution in [0.15, 0.2) is 24.3 Å². The van der Waals surface area contributed by atoms with Crippen molar-refractivity contribution in [3.05, 3.63) is 29.8 Å². The molecule has 1 saturated carbocycles. The van der Waals surface area contributed by atoms with Crippen molar-refractivity contribution >= 4 is 11.5 Å². The number of hydrogen-bond donors (Lipinski definition) is 1. The first-order valence-corrected chi connectivity index (χ1v) is 8.89. The van der Waals surface area contributed by atoms with Crippen LogP contribution >= 0.6 is 0 Å². The number of hydrogen-bond acceptors (Lipinski definition) is 3. The predicted octanol–water partition coefficient (Wildman–Crippen LogP) is 4.13. The lowest BCUT2D eigenvalue weighted by molar-refractivity contribution is 0.0752. The molecule has 2 N–H and O–H groups in total. The molecule has 1 aromatic rings. The van der Waals surface area contributed by atoms with Crippen molar-refractivity contribution in [3.8, 4) is 0 Å². The van der Waals surface area contributed by atoms with Gasteiger partial charge in [0.25, 0.3) is 0 Å². The normalized spacial score (nSPS) is 31.0. The van der Waals surface area contributed by atoms with Crippen molar-refractivity contribution in [2.75, 3.05) is 12.3 Å². The van der Waals surface area contributed by atoms with Crippen LogP contribution in [0.3, 0.4) is 0 Å². The summed E-state index contributed by atoms with van der Waals surface area (Å²) in [6, 6.07) is 7.94. The van der Waals surface area contributed by atoms with Gasteiger partial charge in [-0.1, -0.05) is 27.7 Å². The number of nitrogens with zero attached hydrogens (tertiary/aromatic N) is 1. The summed E-state index contributed by atoms with van der Waals surface area (Å²) in [5, 5.41) is 0. The van der Waals surface area contributed by atoms with E-state index in [2.05, 4.69) is 32.6 Å². The Labute approximate surface area is 140 Å². The molecule has 1 saturated heterocycles. The monoisotopic (exact) mass is 314 g/mol. The van der Waals surface area contributed by atoms with Crippen LogP contribution in [0.25, 0.3) is 0 Å². The summed E-state index contributed by atoms with van der Waals surface area (Å²) < 4.78 is 0. The third-order valence-corrected chi connectivity index (χ3v) is 5.74. The number of ketones is 1. The highest BCUT2D eigenvalue weighted by molar-refractivity contribution is 6.00. The molecule has 0 aromatic heterocycles. The number of likely N-dealkylation sites (tertiary alicyclic amines) is 1. The van der Waals surface area contributed by atoms with E-state index in [1.807, 2.05) is 24.3 Å². The first kappa shape index (κ1) is 16.5. The largest absolute Gasteiger partial charge is 0.399 e. The molecule has 3 heteroatoms. The molecule has 3 nitrogen and oxygen atoms in total. The molecular formula is C20H30N2O. The number of carbonyl (C=O) groups is 1. The molecule has 126 valence electrons. The molecule has 0 amide bonds. The summed E-state index contributed by atoms with van der Waals surface area (Å²) in [5.74, 6) is 0.251. The fourth-order valence-electron chi connectivity index (χ4n) is 5.28. The van der Waals surface area contributed by atoms with Crippen LogP contribution in [0.2, 0.25) is 0 Å². The number of Topliss-reactive ketones (excluding diaryl/α,β-unsaturated/α-hetero) is 1. The zero-order valence-electron chi connectivity index (χ0n) is 14.9. The van der Waals surface area contributed by atoms with Crippen molar-refractivity contribution in [1.82, 2.24) is 4.90 Å². The summed E-state index contributed by atoms with van der Waals surface area (Å²) >= 11 is 0. The smallest absolute Gasteiger partial charge is 0.179 e. The second kappa shape index (κ2) is 5.62. The maximum atomic E-state index is 13.0. The Hall–Kier alpha value is -1.35. The SMILES string of the molecule is CCC(C(=O)c1ccc(N)cc1)N1CC2(C)CC1CC(C)(C)C2. The molecule has 3 unspecified atom stereocenters. The van der Waals surface area contributed by atoms with Crippen LogP contribution in [0.5, 0.6) is 0 Å². The Balaban J connectivity index is 1.84. The van der Waals surface area contributed by atoms with E-state index in [-0.39, 0.29) is 11.8 Å². The highest BCUT2D eigenvalue weighted by Crippen LogP contribution is 2.53. The molecule has 1 aliphatic heterocycles. The van der Waals surface area contributed by atoms with E-state index in [9.17, 15) is 4.79 Å². The van der Waals surface area contributed by atoms with Gasteiger partial charge in [0, 0.05) is 23.8 Å². The number of fused-ring (bicyclic) bond motifs is 2. The Morgan fingerprint density at radius 3 is 2.52 bits per heavy atom. The van der Waals surface area contributed by atoms with E-state index in [1.54, 1.807) is 0 Å². The minimum atomic E-state index is -0.000602. The van der Waals surface area contributed by atoms with Gasteiger partial charge < -0.3 is 5.73 Å². The van der Waals surface area contributed by atoms with Gasteiger partial charge in [-0.2, -0.15) is 0 Å². The van der Waals surface area contributed by atoms with Gasteiger partial charge in [0.05, 0.1) is 6.04 Å².